The minimum absolute atomic E-state index is 0.575. The first-order chi connectivity index (χ1) is 7.18. The van der Waals surface area contributed by atoms with E-state index >= 15 is 0 Å². The van der Waals surface area contributed by atoms with Crippen molar-refractivity contribution in [2.24, 2.45) is 11.3 Å². The zero-order valence-electron chi connectivity index (χ0n) is 10.6. The maximum atomic E-state index is 2.40. The minimum Gasteiger partial charge on any atom is -0.0874 e. The molecule has 0 amide bonds. The molecule has 1 rings (SSSR count). The fourth-order valence-electron chi connectivity index (χ4n) is 2.11. The molecule has 0 aromatic carbocycles. The van der Waals surface area contributed by atoms with Crippen molar-refractivity contribution >= 4 is 0 Å². The number of rotatable bonds is 5. The molecule has 1 aliphatic carbocycles. The number of allylic oxidation sites excluding steroid dienone is 6. The molecular formula is C15H24. The summed E-state index contributed by atoms with van der Waals surface area (Å²) in [6, 6.07) is 0. The van der Waals surface area contributed by atoms with Crippen molar-refractivity contribution in [2.45, 2.75) is 47.0 Å². The van der Waals surface area contributed by atoms with Gasteiger partial charge in [-0.05, 0) is 36.7 Å². The molecule has 2 atom stereocenters. The molecule has 0 spiro atoms. The molecule has 0 aromatic heterocycles. The molecule has 1 saturated carbocycles. The van der Waals surface area contributed by atoms with E-state index in [1.807, 2.05) is 0 Å². The first-order valence-electron chi connectivity index (χ1n) is 6.17. The third kappa shape index (κ3) is 3.09. The molecule has 0 radical (unpaired) electrons. The Bertz CT molecular complexity index is 280. The monoisotopic (exact) mass is 204 g/mol. The van der Waals surface area contributed by atoms with E-state index in [0.717, 1.165) is 12.3 Å². The van der Waals surface area contributed by atoms with Crippen LogP contribution in [0.4, 0.5) is 0 Å². The Morgan fingerprint density at radius 3 is 2.60 bits per heavy atom. The number of hydrogen-bond donors (Lipinski definition) is 0. The van der Waals surface area contributed by atoms with E-state index in [0.29, 0.717) is 5.41 Å². The highest BCUT2D eigenvalue weighted by atomic mass is 14.5. The van der Waals surface area contributed by atoms with Gasteiger partial charge in [0.1, 0.15) is 0 Å². The van der Waals surface area contributed by atoms with Crippen LogP contribution < -0.4 is 0 Å². The maximum Gasteiger partial charge on any atom is -0.0103 e. The van der Waals surface area contributed by atoms with Gasteiger partial charge in [-0.15, -0.1) is 0 Å². The molecule has 0 nitrogen and oxygen atoms in total. The standard InChI is InChI=1S/C15H24/c1-5-8-9-11-13(10-6-2)14-12-15(14,4)7-3/h6,8-11,14H,5,7,12H2,1-4H3/b9-8+,10-6-,13-11+/t14-,15?/m0/s1. The summed E-state index contributed by atoms with van der Waals surface area (Å²) in [7, 11) is 0. The highest BCUT2D eigenvalue weighted by molar-refractivity contribution is 5.32. The van der Waals surface area contributed by atoms with E-state index in [2.05, 4.69) is 58.1 Å². The zero-order valence-corrected chi connectivity index (χ0v) is 10.6. The molecular weight excluding hydrogens is 180 g/mol. The van der Waals surface area contributed by atoms with Gasteiger partial charge >= 0.3 is 0 Å². The molecule has 15 heavy (non-hydrogen) atoms. The van der Waals surface area contributed by atoms with Gasteiger partial charge < -0.3 is 0 Å². The largest absolute Gasteiger partial charge is 0.0874 e. The van der Waals surface area contributed by atoms with E-state index in [4.69, 9.17) is 0 Å². The first kappa shape index (κ1) is 12.3. The lowest BCUT2D eigenvalue weighted by Gasteiger charge is -2.07. The van der Waals surface area contributed by atoms with Crippen molar-refractivity contribution in [1.82, 2.24) is 0 Å². The van der Waals surface area contributed by atoms with Gasteiger partial charge in [-0.3, -0.25) is 0 Å². The molecule has 84 valence electrons. The average Bonchev–Trinajstić information content (AvgIpc) is 2.91. The second-order valence-electron chi connectivity index (χ2n) is 4.77. The van der Waals surface area contributed by atoms with Crippen LogP contribution in [0.15, 0.2) is 36.0 Å². The Balaban J connectivity index is 2.69. The molecule has 0 bridgehead atoms. The van der Waals surface area contributed by atoms with E-state index < -0.39 is 0 Å². The predicted octanol–water partition coefficient (Wildman–Crippen LogP) is 4.89. The van der Waals surface area contributed by atoms with Crippen molar-refractivity contribution in [3.8, 4) is 0 Å². The fourth-order valence-corrected chi connectivity index (χ4v) is 2.11. The Kier molecular flexibility index (Phi) is 4.38. The smallest absolute Gasteiger partial charge is 0.0103 e. The summed E-state index contributed by atoms with van der Waals surface area (Å²) in [5, 5.41) is 0. The van der Waals surface area contributed by atoms with Gasteiger partial charge in [-0.1, -0.05) is 57.6 Å². The van der Waals surface area contributed by atoms with Crippen LogP contribution >= 0.6 is 0 Å². The maximum absolute atomic E-state index is 2.40. The minimum atomic E-state index is 0.575. The summed E-state index contributed by atoms with van der Waals surface area (Å²) in [6.45, 7) is 8.98. The summed E-state index contributed by atoms with van der Waals surface area (Å²) in [5.74, 6) is 0.792. The Hall–Kier alpha value is -0.780. The van der Waals surface area contributed by atoms with Gasteiger partial charge in [0, 0.05) is 0 Å². The van der Waals surface area contributed by atoms with Gasteiger partial charge in [0.05, 0.1) is 0 Å². The van der Waals surface area contributed by atoms with Crippen LogP contribution in [0.25, 0.3) is 0 Å². The van der Waals surface area contributed by atoms with Crippen molar-refractivity contribution in [3.63, 3.8) is 0 Å². The quantitative estimate of drug-likeness (QED) is 0.559. The van der Waals surface area contributed by atoms with Crippen LogP contribution in [-0.2, 0) is 0 Å². The molecule has 0 heterocycles. The van der Waals surface area contributed by atoms with Gasteiger partial charge in [0.2, 0.25) is 0 Å². The molecule has 0 N–H and O–H groups in total. The number of hydrogen-bond acceptors (Lipinski definition) is 0. The van der Waals surface area contributed by atoms with Crippen LogP contribution in [0.2, 0.25) is 0 Å². The summed E-state index contributed by atoms with van der Waals surface area (Å²) in [6.07, 6.45) is 14.9. The summed E-state index contributed by atoms with van der Waals surface area (Å²) in [4.78, 5) is 0. The van der Waals surface area contributed by atoms with Crippen LogP contribution in [0.3, 0.4) is 0 Å². The van der Waals surface area contributed by atoms with Gasteiger partial charge in [0.15, 0.2) is 0 Å². The predicted molar refractivity (Wildman–Crippen MR) is 68.8 cm³/mol. The molecule has 1 unspecified atom stereocenters. The summed E-state index contributed by atoms with van der Waals surface area (Å²) < 4.78 is 0. The van der Waals surface area contributed by atoms with Crippen LogP contribution in [0.1, 0.15) is 47.0 Å². The molecule has 0 aliphatic heterocycles. The van der Waals surface area contributed by atoms with Crippen LogP contribution in [0, 0.1) is 11.3 Å². The van der Waals surface area contributed by atoms with Crippen LogP contribution in [-0.4, -0.2) is 0 Å². The summed E-state index contributed by atoms with van der Waals surface area (Å²) >= 11 is 0. The molecule has 0 heteroatoms. The molecule has 0 saturated heterocycles. The second kappa shape index (κ2) is 5.34. The average molecular weight is 204 g/mol. The zero-order chi connectivity index (χ0) is 11.3. The SMILES string of the molecule is C\C=C/C(=C\C=C\CC)[C@@H]1CC1(C)CC. The highest BCUT2D eigenvalue weighted by Crippen LogP contribution is 2.58. The normalized spacial score (nSPS) is 31.7. The summed E-state index contributed by atoms with van der Waals surface area (Å²) in [5.41, 5.74) is 2.08. The van der Waals surface area contributed by atoms with Crippen LogP contribution in [0.5, 0.6) is 0 Å². The van der Waals surface area contributed by atoms with Crippen molar-refractivity contribution in [2.75, 3.05) is 0 Å². The Labute approximate surface area is 94.8 Å². The van der Waals surface area contributed by atoms with E-state index in [1.165, 1.54) is 18.4 Å². The third-order valence-electron chi connectivity index (χ3n) is 3.58. The van der Waals surface area contributed by atoms with E-state index in [1.54, 1.807) is 0 Å². The van der Waals surface area contributed by atoms with Crippen molar-refractivity contribution in [3.05, 3.63) is 36.0 Å². The Morgan fingerprint density at radius 2 is 2.13 bits per heavy atom. The van der Waals surface area contributed by atoms with E-state index in [-0.39, 0.29) is 0 Å². The lowest BCUT2D eigenvalue weighted by molar-refractivity contribution is 0.513. The van der Waals surface area contributed by atoms with Crippen molar-refractivity contribution < 1.29 is 0 Å². The molecule has 1 aliphatic rings. The second-order valence-corrected chi connectivity index (χ2v) is 4.77. The molecule has 1 fully saturated rings. The van der Waals surface area contributed by atoms with Gasteiger partial charge in [-0.2, -0.15) is 0 Å². The molecule has 0 aromatic rings. The highest BCUT2D eigenvalue weighted by Gasteiger charge is 2.49. The topological polar surface area (TPSA) is 0 Å². The van der Waals surface area contributed by atoms with Gasteiger partial charge in [0.25, 0.3) is 0 Å². The first-order valence-corrected chi connectivity index (χ1v) is 6.17. The lowest BCUT2D eigenvalue weighted by atomic mass is 9.98. The van der Waals surface area contributed by atoms with Gasteiger partial charge in [-0.25, -0.2) is 0 Å². The Morgan fingerprint density at radius 1 is 1.40 bits per heavy atom. The third-order valence-corrected chi connectivity index (χ3v) is 3.58. The lowest BCUT2D eigenvalue weighted by Crippen LogP contribution is -1.96. The fraction of sp³-hybridized carbons (Fsp3) is 0.600. The van der Waals surface area contributed by atoms with E-state index in [9.17, 15) is 0 Å². The van der Waals surface area contributed by atoms with Crippen molar-refractivity contribution in [1.29, 1.82) is 0 Å².